The largest absolute Gasteiger partial charge is 0.477 e. The van der Waals surface area contributed by atoms with E-state index in [4.69, 9.17) is 19.4 Å². The lowest BCUT2D eigenvalue weighted by Crippen LogP contribution is -2.47. The van der Waals surface area contributed by atoms with Crippen molar-refractivity contribution in [2.45, 2.75) is 32.0 Å². The Kier molecular flexibility index (Phi) is 6.39. The number of hydrogen-bond donors (Lipinski definition) is 2. The molecule has 0 aliphatic carbocycles. The Labute approximate surface area is 164 Å². The fourth-order valence-electron chi connectivity index (χ4n) is 3.32. The highest BCUT2D eigenvalue weighted by molar-refractivity contribution is 5.92. The zero-order valence-corrected chi connectivity index (χ0v) is 16.4. The van der Waals surface area contributed by atoms with Gasteiger partial charge in [0.05, 0.1) is 25.5 Å². The van der Waals surface area contributed by atoms with E-state index in [9.17, 15) is 4.79 Å². The molecule has 0 spiro atoms. The van der Waals surface area contributed by atoms with Crippen LogP contribution in [0.4, 0.5) is 0 Å². The maximum absolute atomic E-state index is 11.1. The van der Waals surface area contributed by atoms with E-state index in [0.717, 1.165) is 41.4 Å². The molecule has 0 unspecified atom stereocenters. The van der Waals surface area contributed by atoms with Crippen LogP contribution in [0.15, 0.2) is 37.0 Å². The number of fused-ring (bicyclic) bond motifs is 1. The van der Waals surface area contributed by atoms with Gasteiger partial charge in [0.1, 0.15) is 0 Å². The lowest BCUT2D eigenvalue weighted by atomic mass is 10.0. The fourth-order valence-corrected chi connectivity index (χ4v) is 3.32. The summed E-state index contributed by atoms with van der Waals surface area (Å²) in [6, 6.07) is 8.17. The molecule has 2 aromatic rings. The smallest absolute Gasteiger partial charge is 0.364 e. The van der Waals surface area contributed by atoms with Gasteiger partial charge in [0.15, 0.2) is 0 Å². The highest BCUT2D eigenvalue weighted by atomic mass is 16.7. The van der Waals surface area contributed by atoms with E-state index in [-0.39, 0.29) is 5.92 Å². The van der Waals surface area contributed by atoms with E-state index in [1.54, 1.807) is 0 Å². The summed E-state index contributed by atoms with van der Waals surface area (Å²) in [5, 5.41) is 10.2. The first-order valence-corrected chi connectivity index (χ1v) is 9.53. The average molecular weight is 388 g/mol. The third-order valence-corrected chi connectivity index (χ3v) is 5.10. The second-order valence-corrected chi connectivity index (χ2v) is 7.33. The van der Waals surface area contributed by atoms with E-state index >= 15 is 0 Å². The van der Waals surface area contributed by atoms with Gasteiger partial charge in [0, 0.05) is 42.6 Å². The molecule has 7 nitrogen and oxygen atoms in total. The summed E-state index contributed by atoms with van der Waals surface area (Å²) < 4.78 is 12.8. The molecular weight excluding hydrogens is 360 g/mol. The van der Waals surface area contributed by atoms with Crippen LogP contribution >= 0.6 is 0 Å². The molecule has 28 heavy (non-hydrogen) atoms. The van der Waals surface area contributed by atoms with Crippen LogP contribution in [0.3, 0.4) is 0 Å². The molecule has 3 rings (SSSR count). The third-order valence-electron chi connectivity index (χ3n) is 5.10. The third kappa shape index (κ3) is 4.55. The van der Waals surface area contributed by atoms with Gasteiger partial charge in [-0.1, -0.05) is 31.2 Å². The second kappa shape index (κ2) is 8.77. The van der Waals surface area contributed by atoms with Crippen LogP contribution in [0.2, 0.25) is 0 Å². The summed E-state index contributed by atoms with van der Waals surface area (Å²) in [5.41, 5.74) is 5.85. The van der Waals surface area contributed by atoms with Gasteiger partial charge in [-0.25, -0.2) is 4.79 Å². The van der Waals surface area contributed by atoms with Gasteiger partial charge in [-0.15, -0.1) is 0 Å². The Balaban J connectivity index is 1.34. The van der Waals surface area contributed by atoms with Crippen LogP contribution in [0, 0.1) is 5.92 Å². The number of aromatic nitrogens is 1. The first-order valence-electron chi connectivity index (χ1n) is 9.53. The van der Waals surface area contributed by atoms with Crippen molar-refractivity contribution in [2.24, 2.45) is 13.0 Å². The van der Waals surface area contributed by atoms with E-state index in [2.05, 4.69) is 28.8 Å². The summed E-state index contributed by atoms with van der Waals surface area (Å²) in [6.07, 6.45) is 4.77. The minimum atomic E-state index is -1.51. The Hall–Kier alpha value is -2.35. The quantitative estimate of drug-likeness (QED) is 0.507. The van der Waals surface area contributed by atoms with Crippen molar-refractivity contribution in [3.05, 3.63) is 42.6 Å². The predicted molar refractivity (Wildman–Crippen MR) is 106 cm³/mol. The number of benzene rings is 1. The van der Waals surface area contributed by atoms with E-state index in [0.29, 0.717) is 19.8 Å². The van der Waals surface area contributed by atoms with Crippen LogP contribution in [0.5, 0.6) is 0 Å². The van der Waals surface area contributed by atoms with Gasteiger partial charge < -0.3 is 19.1 Å². The van der Waals surface area contributed by atoms with Gasteiger partial charge >= 0.3 is 5.97 Å². The van der Waals surface area contributed by atoms with Gasteiger partial charge in [-0.3, -0.25) is 10.3 Å². The normalized spacial score (nSPS) is 22.3. The summed E-state index contributed by atoms with van der Waals surface area (Å²) in [6.45, 7) is 6.88. The second-order valence-electron chi connectivity index (χ2n) is 7.33. The number of aliphatic carboxylic acids is 1. The molecule has 1 aliphatic rings. The Morgan fingerprint density at radius 2 is 2.07 bits per heavy atom. The number of carboxylic acids is 1. The fraction of sp³-hybridized carbons (Fsp3) is 0.476. The molecule has 1 fully saturated rings. The number of carboxylic acid groups (broad SMARTS) is 1. The van der Waals surface area contributed by atoms with Crippen molar-refractivity contribution in [1.29, 1.82) is 0 Å². The van der Waals surface area contributed by atoms with Crippen molar-refractivity contribution >= 4 is 22.6 Å². The minimum absolute atomic E-state index is 0.214. The maximum atomic E-state index is 11.1. The number of nitrogens with one attached hydrogen (secondary N) is 1. The standard InChI is InChI=1S/C21H28N2O5/c1-15(18-12-23(3)19-10-5-4-9-17(18)19)22-28-11-7-6-8-16-13-26-21(2,20(24)25)27-14-16/h4-5,9-10,12,16,22H,1,6-8,11,13-14H2,2-3H3,(H,24,25). The Bertz CT molecular complexity index is 836. The molecule has 2 heterocycles. The SMILES string of the molecule is C=C(NOCCCCC1COC(C)(C(=O)O)OC1)c1cn(C)c2ccccc12. The molecular formula is C21H28N2O5. The molecule has 0 radical (unpaired) electrons. The van der Waals surface area contributed by atoms with Gasteiger partial charge in [-0.2, -0.15) is 0 Å². The van der Waals surface area contributed by atoms with Crippen molar-refractivity contribution in [3.8, 4) is 0 Å². The Morgan fingerprint density at radius 1 is 1.36 bits per heavy atom. The number of nitrogens with zero attached hydrogens (tertiary/aromatic N) is 1. The summed E-state index contributed by atoms with van der Waals surface area (Å²) in [5.74, 6) is -2.38. The van der Waals surface area contributed by atoms with Crippen molar-refractivity contribution in [1.82, 2.24) is 10.0 Å². The van der Waals surface area contributed by atoms with Gasteiger partial charge in [-0.05, 0) is 18.9 Å². The molecule has 1 aliphatic heterocycles. The summed E-state index contributed by atoms with van der Waals surface area (Å²) >= 11 is 0. The molecule has 1 aromatic heterocycles. The van der Waals surface area contributed by atoms with Crippen LogP contribution < -0.4 is 5.48 Å². The molecule has 2 N–H and O–H groups in total. The number of carbonyl (C=O) groups is 1. The molecule has 0 bridgehead atoms. The zero-order chi connectivity index (χ0) is 20.1. The first kappa shape index (κ1) is 20.4. The summed E-state index contributed by atoms with van der Waals surface area (Å²) in [7, 11) is 2.01. The Morgan fingerprint density at radius 3 is 2.79 bits per heavy atom. The lowest BCUT2D eigenvalue weighted by molar-refractivity contribution is -0.271. The highest BCUT2D eigenvalue weighted by Gasteiger charge is 2.40. The molecule has 0 amide bonds. The van der Waals surface area contributed by atoms with Crippen LogP contribution in [-0.4, -0.2) is 41.3 Å². The van der Waals surface area contributed by atoms with E-state index < -0.39 is 11.8 Å². The maximum Gasteiger partial charge on any atom is 0.364 e. The van der Waals surface area contributed by atoms with Gasteiger partial charge in [0.25, 0.3) is 5.79 Å². The molecule has 7 heteroatoms. The number of hydroxylamine groups is 1. The zero-order valence-electron chi connectivity index (χ0n) is 16.4. The highest BCUT2D eigenvalue weighted by Crippen LogP contribution is 2.25. The first-order chi connectivity index (χ1) is 13.4. The number of unbranched alkanes of at least 4 members (excludes halogenated alkanes) is 1. The van der Waals surface area contributed by atoms with E-state index in [1.807, 2.05) is 25.4 Å². The molecule has 0 atom stereocenters. The van der Waals surface area contributed by atoms with Gasteiger partial charge in [0.2, 0.25) is 0 Å². The van der Waals surface area contributed by atoms with Crippen LogP contribution in [0.1, 0.15) is 31.7 Å². The van der Waals surface area contributed by atoms with Crippen molar-refractivity contribution in [2.75, 3.05) is 19.8 Å². The number of para-hydroxylation sites is 1. The molecule has 1 saturated heterocycles. The average Bonchev–Trinajstić information content (AvgIpc) is 3.03. The minimum Gasteiger partial charge on any atom is -0.477 e. The monoisotopic (exact) mass is 388 g/mol. The molecule has 152 valence electrons. The van der Waals surface area contributed by atoms with E-state index in [1.165, 1.54) is 6.92 Å². The number of hydrogen-bond acceptors (Lipinski definition) is 5. The molecule has 1 aromatic carbocycles. The van der Waals surface area contributed by atoms with Crippen LogP contribution in [-0.2, 0) is 26.2 Å². The lowest BCUT2D eigenvalue weighted by Gasteiger charge is -2.34. The summed E-state index contributed by atoms with van der Waals surface area (Å²) in [4.78, 5) is 16.6. The van der Waals surface area contributed by atoms with Crippen LogP contribution in [0.25, 0.3) is 16.6 Å². The number of rotatable bonds is 9. The van der Waals surface area contributed by atoms with Crippen molar-refractivity contribution in [3.63, 3.8) is 0 Å². The topological polar surface area (TPSA) is 82.0 Å². The number of aryl methyl sites for hydroxylation is 1. The number of ether oxygens (including phenoxy) is 2. The van der Waals surface area contributed by atoms with Crippen molar-refractivity contribution < 1.29 is 24.2 Å². The molecule has 0 saturated carbocycles. The predicted octanol–water partition coefficient (Wildman–Crippen LogP) is 3.30.